The average molecular weight is 171 g/mol. The third-order valence-electron chi connectivity index (χ3n) is 1.85. The van der Waals surface area contributed by atoms with Crippen molar-refractivity contribution in [3.63, 3.8) is 0 Å². The molecule has 1 rings (SSSR count). The predicted molar refractivity (Wildman–Crippen MR) is 53.2 cm³/mol. The Morgan fingerprint density at radius 2 is 2.55 bits per heavy atom. The van der Waals surface area contributed by atoms with Crippen LogP contribution in [-0.4, -0.2) is 24.1 Å². The van der Waals surface area contributed by atoms with E-state index < -0.39 is 0 Å². The van der Waals surface area contributed by atoms with E-state index in [1.165, 1.54) is 29.9 Å². The third kappa shape index (κ3) is 3.82. The molecule has 2 heteroatoms. The van der Waals surface area contributed by atoms with Crippen LogP contribution in [0.25, 0.3) is 0 Å². The Morgan fingerprint density at radius 3 is 3.09 bits per heavy atom. The molecule has 0 bridgehead atoms. The van der Waals surface area contributed by atoms with Crippen LogP contribution in [0.4, 0.5) is 0 Å². The Labute approximate surface area is 73.6 Å². The normalized spacial score (nSPS) is 25.0. The van der Waals surface area contributed by atoms with Crippen molar-refractivity contribution in [3.05, 3.63) is 12.2 Å². The zero-order chi connectivity index (χ0) is 8.10. The quantitative estimate of drug-likeness (QED) is 0.652. The summed E-state index contributed by atoms with van der Waals surface area (Å²) in [6, 6.07) is 0.741. The van der Waals surface area contributed by atoms with Crippen molar-refractivity contribution in [2.45, 2.75) is 25.8 Å². The molecule has 1 nitrogen and oxygen atoms in total. The first-order valence-corrected chi connectivity index (χ1v) is 5.40. The molecule has 0 amide bonds. The Hall–Kier alpha value is 0.0500. The van der Waals surface area contributed by atoms with E-state index in [0.717, 1.165) is 12.6 Å². The summed E-state index contributed by atoms with van der Waals surface area (Å²) in [5.41, 5.74) is 1.24. The first kappa shape index (κ1) is 9.14. The van der Waals surface area contributed by atoms with E-state index >= 15 is 0 Å². The molecule has 1 aliphatic heterocycles. The van der Waals surface area contributed by atoms with Crippen molar-refractivity contribution in [2.75, 3.05) is 18.1 Å². The SMILES string of the molecule is C=C(C)CNC1CCCSC1. The van der Waals surface area contributed by atoms with Crippen LogP contribution in [0, 0.1) is 0 Å². The molecule has 1 N–H and O–H groups in total. The second-order valence-corrected chi connectivity index (χ2v) is 4.40. The maximum atomic E-state index is 3.87. The molecule has 0 aliphatic carbocycles. The van der Waals surface area contributed by atoms with Gasteiger partial charge in [-0.2, -0.15) is 11.8 Å². The predicted octanol–water partition coefficient (Wildman–Crippen LogP) is 2.05. The average Bonchev–Trinajstić information content (AvgIpc) is 2.03. The van der Waals surface area contributed by atoms with Crippen molar-refractivity contribution in [2.24, 2.45) is 0 Å². The standard InChI is InChI=1S/C9H17NS/c1-8(2)6-10-9-4-3-5-11-7-9/h9-10H,1,3-7H2,2H3. The van der Waals surface area contributed by atoms with Gasteiger partial charge >= 0.3 is 0 Å². The number of rotatable bonds is 3. The zero-order valence-corrected chi connectivity index (χ0v) is 8.04. The van der Waals surface area contributed by atoms with Gasteiger partial charge < -0.3 is 5.32 Å². The van der Waals surface area contributed by atoms with Crippen LogP contribution >= 0.6 is 11.8 Å². The topological polar surface area (TPSA) is 12.0 Å². The molecule has 1 saturated heterocycles. The van der Waals surface area contributed by atoms with Gasteiger partial charge in [-0.15, -0.1) is 0 Å². The van der Waals surface area contributed by atoms with Gasteiger partial charge in [0.05, 0.1) is 0 Å². The van der Waals surface area contributed by atoms with E-state index in [1.54, 1.807) is 0 Å². The summed E-state index contributed by atoms with van der Waals surface area (Å²) in [6.45, 7) is 6.93. The van der Waals surface area contributed by atoms with Gasteiger partial charge in [0.25, 0.3) is 0 Å². The lowest BCUT2D eigenvalue weighted by molar-refractivity contribution is 0.529. The number of nitrogens with one attached hydrogen (secondary N) is 1. The van der Waals surface area contributed by atoms with Crippen molar-refractivity contribution >= 4 is 11.8 Å². The Morgan fingerprint density at radius 1 is 1.73 bits per heavy atom. The second kappa shape index (κ2) is 4.83. The molecule has 0 spiro atoms. The van der Waals surface area contributed by atoms with Crippen LogP contribution < -0.4 is 5.32 Å². The largest absolute Gasteiger partial charge is 0.309 e. The van der Waals surface area contributed by atoms with Gasteiger partial charge in [0.15, 0.2) is 0 Å². The van der Waals surface area contributed by atoms with Crippen LogP contribution in [0.15, 0.2) is 12.2 Å². The first-order chi connectivity index (χ1) is 5.29. The fourth-order valence-electron chi connectivity index (χ4n) is 1.22. The summed E-state index contributed by atoms with van der Waals surface area (Å²) < 4.78 is 0. The van der Waals surface area contributed by atoms with E-state index in [1.807, 2.05) is 0 Å². The van der Waals surface area contributed by atoms with Crippen molar-refractivity contribution < 1.29 is 0 Å². The maximum Gasteiger partial charge on any atom is 0.0162 e. The number of thioether (sulfide) groups is 1. The molecule has 1 atom stereocenters. The molecular formula is C9H17NS. The van der Waals surface area contributed by atoms with Crippen LogP contribution in [0.3, 0.4) is 0 Å². The minimum atomic E-state index is 0.741. The van der Waals surface area contributed by atoms with Gasteiger partial charge in [0.1, 0.15) is 0 Å². The van der Waals surface area contributed by atoms with Crippen LogP contribution in [0.1, 0.15) is 19.8 Å². The van der Waals surface area contributed by atoms with Crippen LogP contribution in [-0.2, 0) is 0 Å². The highest BCUT2D eigenvalue weighted by Crippen LogP contribution is 2.16. The summed E-state index contributed by atoms with van der Waals surface area (Å²) in [6.07, 6.45) is 2.72. The lowest BCUT2D eigenvalue weighted by atomic mass is 10.2. The van der Waals surface area contributed by atoms with E-state index in [2.05, 4.69) is 30.6 Å². The summed E-state index contributed by atoms with van der Waals surface area (Å²) in [4.78, 5) is 0. The fraction of sp³-hybridized carbons (Fsp3) is 0.778. The molecule has 0 radical (unpaired) electrons. The van der Waals surface area contributed by atoms with E-state index in [0.29, 0.717) is 0 Å². The molecule has 64 valence electrons. The molecule has 1 fully saturated rings. The van der Waals surface area contributed by atoms with Gasteiger partial charge in [0.2, 0.25) is 0 Å². The van der Waals surface area contributed by atoms with Crippen LogP contribution in [0.5, 0.6) is 0 Å². The molecule has 0 aromatic rings. The van der Waals surface area contributed by atoms with Crippen molar-refractivity contribution in [1.82, 2.24) is 5.32 Å². The van der Waals surface area contributed by atoms with Crippen LogP contribution in [0.2, 0.25) is 0 Å². The summed E-state index contributed by atoms with van der Waals surface area (Å²) >= 11 is 2.06. The molecule has 1 aliphatic rings. The summed E-state index contributed by atoms with van der Waals surface area (Å²) in [5, 5.41) is 3.50. The lowest BCUT2D eigenvalue weighted by Gasteiger charge is -2.22. The molecule has 1 unspecified atom stereocenters. The van der Waals surface area contributed by atoms with Gasteiger partial charge in [-0.25, -0.2) is 0 Å². The monoisotopic (exact) mass is 171 g/mol. The Kier molecular flexibility index (Phi) is 4.02. The van der Waals surface area contributed by atoms with Crippen molar-refractivity contribution in [3.8, 4) is 0 Å². The Bertz CT molecular complexity index is 128. The first-order valence-electron chi connectivity index (χ1n) is 4.24. The molecule has 0 aromatic heterocycles. The van der Waals surface area contributed by atoms with Gasteiger partial charge in [0, 0.05) is 18.3 Å². The van der Waals surface area contributed by atoms with E-state index in [4.69, 9.17) is 0 Å². The van der Waals surface area contributed by atoms with E-state index in [9.17, 15) is 0 Å². The van der Waals surface area contributed by atoms with Gasteiger partial charge in [-0.1, -0.05) is 12.2 Å². The smallest absolute Gasteiger partial charge is 0.0162 e. The maximum absolute atomic E-state index is 3.87. The molecule has 11 heavy (non-hydrogen) atoms. The highest BCUT2D eigenvalue weighted by Gasteiger charge is 2.11. The minimum Gasteiger partial charge on any atom is -0.309 e. The van der Waals surface area contributed by atoms with Gasteiger partial charge in [-0.3, -0.25) is 0 Å². The number of hydrogen-bond donors (Lipinski definition) is 1. The Balaban J connectivity index is 2.09. The van der Waals surface area contributed by atoms with Gasteiger partial charge in [-0.05, 0) is 25.5 Å². The lowest BCUT2D eigenvalue weighted by Crippen LogP contribution is -2.34. The minimum absolute atomic E-state index is 0.741. The van der Waals surface area contributed by atoms with Crippen molar-refractivity contribution in [1.29, 1.82) is 0 Å². The second-order valence-electron chi connectivity index (χ2n) is 3.25. The molecular weight excluding hydrogens is 154 g/mol. The zero-order valence-electron chi connectivity index (χ0n) is 7.23. The fourth-order valence-corrected chi connectivity index (χ4v) is 2.33. The third-order valence-corrected chi connectivity index (χ3v) is 3.07. The highest BCUT2D eigenvalue weighted by atomic mass is 32.2. The highest BCUT2D eigenvalue weighted by molar-refractivity contribution is 7.99. The molecule has 0 aromatic carbocycles. The number of hydrogen-bond acceptors (Lipinski definition) is 2. The molecule has 1 heterocycles. The van der Waals surface area contributed by atoms with E-state index in [-0.39, 0.29) is 0 Å². The summed E-state index contributed by atoms with van der Waals surface area (Å²) in [5.74, 6) is 2.64. The summed E-state index contributed by atoms with van der Waals surface area (Å²) in [7, 11) is 0. The molecule has 0 saturated carbocycles.